The summed E-state index contributed by atoms with van der Waals surface area (Å²) in [5.74, 6) is 1.20. The fourth-order valence-electron chi connectivity index (χ4n) is 1.35. The summed E-state index contributed by atoms with van der Waals surface area (Å²) in [4.78, 5) is 4.22. The first-order chi connectivity index (χ1) is 9.20. The van der Waals surface area contributed by atoms with Gasteiger partial charge in [-0.1, -0.05) is 11.6 Å². The maximum atomic E-state index is 5.83. The molecule has 3 rings (SSSR count). The molecule has 0 fully saturated rings. The Hall–Kier alpha value is -1.44. The highest BCUT2D eigenvalue weighted by atomic mass is 35.5. The van der Waals surface area contributed by atoms with Gasteiger partial charge in [0.15, 0.2) is 4.34 Å². The molecule has 0 bridgehead atoms. The summed E-state index contributed by atoms with van der Waals surface area (Å²) in [7, 11) is 0. The molecule has 0 saturated heterocycles. The second-order valence-electron chi connectivity index (χ2n) is 3.59. The van der Waals surface area contributed by atoms with E-state index < -0.39 is 0 Å². The Morgan fingerprint density at radius 3 is 2.68 bits per heavy atom. The maximum absolute atomic E-state index is 5.83. The van der Waals surface area contributed by atoms with Crippen molar-refractivity contribution < 1.29 is 4.42 Å². The van der Waals surface area contributed by atoms with Crippen LogP contribution in [0.4, 0.5) is 0 Å². The van der Waals surface area contributed by atoms with E-state index in [0.717, 1.165) is 15.7 Å². The van der Waals surface area contributed by atoms with Crippen molar-refractivity contribution in [3.8, 4) is 11.5 Å². The molecule has 0 atom stereocenters. The zero-order valence-corrected chi connectivity index (χ0v) is 12.1. The zero-order valence-electron chi connectivity index (χ0n) is 9.70. The van der Waals surface area contributed by atoms with E-state index in [2.05, 4.69) is 19.6 Å². The summed E-state index contributed by atoms with van der Waals surface area (Å²) < 4.78 is 10.4. The number of rotatable bonds is 3. The zero-order chi connectivity index (χ0) is 13.2. The molecule has 0 amide bonds. The van der Waals surface area contributed by atoms with Crippen molar-refractivity contribution in [3.63, 3.8) is 0 Å². The van der Waals surface area contributed by atoms with Gasteiger partial charge in [-0.2, -0.15) is 4.37 Å². The van der Waals surface area contributed by atoms with Crippen molar-refractivity contribution in [3.05, 3.63) is 35.1 Å². The highest BCUT2D eigenvalue weighted by Gasteiger charge is 2.12. The van der Waals surface area contributed by atoms with E-state index in [1.54, 1.807) is 12.1 Å². The fraction of sp³-hybridized carbons (Fsp3) is 0.0909. The van der Waals surface area contributed by atoms with Crippen LogP contribution in [0.5, 0.6) is 0 Å². The molecule has 2 aromatic heterocycles. The number of hydrogen-bond acceptors (Lipinski definition) is 7. The Kier molecular flexibility index (Phi) is 3.50. The van der Waals surface area contributed by atoms with Crippen LogP contribution in [0.3, 0.4) is 0 Å². The topological polar surface area (TPSA) is 64.7 Å². The van der Waals surface area contributed by atoms with E-state index in [1.807, 2.05) is 19.1 Å². The molecule has 19 heavy (non-hydrogen) atoms. The average Bonchev–Trinajstić information content (AvgIpc) is 3.00. The summed E-state index contributed by atoms with van der Waals surface area (Å²) in [5.41, 5.74) is 0.831. The van der Waals surface area contributed by atoms with Crippen LogP contribution >= 0.6 is 34.9 Å². The molecule has 5 nitrogen and oxygen atoms in total. The largest absolute Gasteiger partial charge is 0.411 e. The second-order valence-corrected chi connectivity index (χ2v) is 5.98. The number of nitrogens with zero attached hydrogens (tertiary/aromatic N) is 4. The lowest BCUT2D eigenvalue weighted by Gasteiger charge is -1.93. The van der Waals surface area contributed by atoms with Gasteiger partial charge in [0.25, 0.3) is 5.22 Å². The number of aryl methyl sites for hydroxylation is 1. The molecule has 0 radical (unpaired) electrons. The van der Waals surface area contributed by atoms with Crippen molar-refractivity contribution >= 4 is 34.9 Å². The molecule has 0 N–H and O–H groups in total. The van der Waals surface area contributed by atoms with Crippen molar-refractivity contribution in [1.82, 2.24) is 19.6 Å². The van der Waals surface area contributed by atoms with Gasteiger partial charge in [-0.3, -0.25) is 0 Å². The molecule has 0 aliphatic rings. The third-order valence-electron chi connectivity index (χ3n) is 2.18. The summed E-state index contributed by atoms with van der Waals surface area (Å²) in [5, 5.41) is 9.08. The smallest absolute Gasteiger partial charge is 0.284 e. The predicted octanol–water partition coefficient (Wildman–Crippen LogP) is 3.70. The van der Waals surface area contributed by atoms with E-state index in [9.17, 15) is 0 Å². The van der Waals surface area contributed by atoms with Gasteiger partial charge in [0.2, 0.25) is 5.89 Å². The lowest BCUT2D eigenvalue weighted by atomic mass is 10.2. The first-order valence-electron chi connectivity index (χ1n) is 5.28. The minimum absolute atomic E-state index is 0.445. The lowest BCUT2D eigenvalue weighted by molar-refractivity contribution is 0.466. The lowest BCUT2D eigenvalue weighted by Crippen LogP contribution is -1.76. The molecule has 2 heterocycles. The van der Waals surface area contributed by atoms with Crippen molar-refractivity contribution in [1.29, 1.82) is 0 Å². The molecule has 3 aromatic rings. The van der Waals surface area contributed by atoms with Crippen LogP contribution in [-0.4, -0.2) is 19.6 Å². The molecule has 0 aliphatic heterocycles. The van der Waals surface area contributed by atoms with E-state index >= 15 is 0 Å². The second kappa shape index (κ2) is 5.28. The van der Waals surface area contributed by atoms with Crippen LogP contribution in [0.25, 0.3) is 11.5 Å². The van der Waals surface area contributed by atoms with Crippen LogP contribution in [-0.2, 0) is 0 Å². The Morgan fingerprint density at radius 2 is 2.00 bits per heavy atom. The molecule has 96 valence electrons. The first kappa shape index (κ1) is 12.6. The van der Waals surface area contributed by atoms with Crippen LogP contribution in [0.2, 0.25) is 5.02 Å². The fourth-order valence-corrected chi connectivity index (χ4v) is 2.91. The first-order valence-corrected chi connectivity index (χ1v) is 7.25. The van der Waals surface area contributed by atoms with Crippen LogP contribution in [0.15, 0.2) is 38.2 Å². The van der Waals surface area contributed by atoms with E-state index in [4.69, 9.17) is 16.0 Å². The minimum Gasteiger partial charge on any atom is -0.411 e. The van der Waals surface area contributed by atoms with Gasteiger partial charge in [-0.05, 0) is 42.7 Å². The van der Waals surface area contributed by atoms with Crippen molar-refractivity contribution in [2.24, 2.45) is 0 Å². The summed E-state index contributed by atoms with van der Waals surface area (Å²) in [6, 6.07) is 7.22. The molecule has 0 unspecified atom stereocenters. The molecule has 0 aliphatic carbocycles. The van der Waals surface area contributed by atoms with E-state index in [0.29, 0.717) is 16.1 Å². The Bertz CT molecular complexity index is 695. The quantitative estimate of drug-likeness (QED) is 0.735. The predicted molar refractivity (Wildman–Crippen MR) is 73.5 cm³/mol. The third kappa shape index (κ3) is 2.94. The number of halogens is 1. The van der Waals surface area contributed by atoms with Gasteiger partial charge in [0.1, 0.15) is 5.82 Å². The molecule has 0 spiro atoms. The van der Waals surface area contributed by atoms with Gasteiger partial charge in [-0.25, -0.2) is 4.98 Å². The number of benzene rings is 1. The number of aromatic nitrogens is 4. The van der Waals surface area contributed by atoms with Gasteiger partial charge in [-0.15, -0.1) is 10.2 Å². The van der Waals surface area contributed by atoms with Gasteiger partial charge >= 0.3 is 0 Å². The van der Waals surface area contributed by atoms with Crippen LogP contribution in [0, 0.1) is 6.92 Å². The van der Waals surface area contributed by atoms with Gasteiger partial charge in [0.05, 0.1) is 0 Å². The van der Waals surface area contributed by atoms with Crippen LogP contribution < -0.4 is 0 Å². The highest BCUT2D eigenvalue weighted by Crippen LogP contribution is 2.30. The molecule has 0 saturated carbocycles. The Balaban J connectivity index is 1.81. The average molecular weight is 311 g/mol. The molecule has 1 aromatic carbocycles. The maximum Gasteiger partial charge on any atom is 0.284 e. The minimum atomic E-state index is 0.445. The molecule has 8 heteroatoms. The van der Waals surface area contributed by atoms with Gasteiger partial charge < -0.3 is 4.42 Å². The monoisotopic (exact) mass is 310 g/mol. The number of hydrogen-bond donors (Lipinski definition) is 0. The van der Waals surface area contributed by atoms with E-state index in [-0.39, 0.29) is 0 Å². The summed E-state index contributed by atoms with van der Waals surface area (Å²) in [6.07, 6.45) is 0. The van der Waals surface area contributed by atoms with Crippen molar-refractivity contribution in [2.75, 3.05) is 0 Å². The SMILES string of the molecule is Cc1nsc(Sc2nnc(-c3ccc(Cl)cc3)o2)n1. The van der Waals surface area contributed by atoms with E-state index in [1.165, 1.54) is 23.3 Å². The normalized spacial score (nSPS) is 10.8. The molecular formula is C11H7ClN4OS2. The third-order valence-corrected chi connectivity index (χ3v) is 4.12. The Morgan fingerprint density at radius 1 is 1.21 bits per heavy atom. The van der Waals surface area contributed by atoms with Crippen molar-refractivity contribution in [2.45, 2.75) is 16.5 Å². The standard InChI is InChI=1S/C11H7ClN4OS2/c1-6-13-11(19-16-6)18-10-15-14-9(17-10)7-2-4-8(12)5-3-7/h2-5H,1H3. The van der Waals surface area contributed by atoms with Gasteiger partial charge in [0, 0.05) is 22.3 Å². The molecular weight excluding hydrogens is 304 g/mol. The summed E-state index contributed by atoms with van der Waals surface area (Å²) >= 11 is 8.44. The Labute approximate surface area is 122 Å². The highest BCUT2D eigenvalue weighted by molar-refractivity contribution is 8.00. The van der Waals surface area contributed by atoms with Crippen LogP contribution in [0.1, 0.15) is 5.82 Å². The summed E-state index contributed by atoms with van der Waals surface area (Å²) in [6.45, 7) is 1.84.